The lowest BCUT2D eigenvalue weighted by Gasteiger charge is -2.22. The zero-order valence-electron chi connectivity index (χ0n) is 15.8. The predicted octanol–water partition coefficient (Wildman–Crippen LogP) is 3.95. The molecule has 1 N–H and O–H groups in total. The number of benzene rings is 2. The average Bonchev–Trinajstić information content (AvgIpc) is 3.33. The van der Waals surface area contributed by atoms with Gasteiger partial charge in [0.1, 0.15) is 17.6 Å². The van der Waals surface area contributed by atoms with Gasteiger partial charge in [-0.15, -0.1) is 0 Å². The number of thiocarbonyl (C=S) groups is 1. The Labute approximate surface area is 177 Å². The highest BCUT2D eigenvalue weighted by atomic mass is 32.1. The first kappa shape index (κ1) is 19.8. The van der Waals surface area contributed by atoms with Crippen LogP contribution in [0.3, 0.4) is 0 Å². The van der Waals surface area contributed by atoms with Crippen LogP contribution in [0.25, 0.3) is 0 Å². The summed E-state index contributed by atoms with van der Waals surface area (Å²) in [7, 11) is 0. The molecule has 1 aliphatic rings. The van der Waals surface area contributed by atoms with Gasteiger partial charge in [-0.3, -0.25) is 14.5 Å². The van der Waals surface area contributed by atoms with Crippen molar-refractivity contribution in [2.45, 2.75) is 19.0 Å². The zero-order chi connectivity index (χ0) is 21.1. The third-order valence-corrected chi connectivity index (χ3v) is 5.16. The molecule has 1 saturated heterocycles. The molecule has 2 aromatic carbocycles. The van der Waals surface area contributed by atoms with Crippen molar-refractivity contribution in [1.82, 2.24) is 4.90 Å². The molecule has 0 spiro atoms. The largest absolute Gasteiger partial charge is 0.467 e. The summed E-state index contributed by atoms with van der Waals surface area (Å²) < 4.78 is 18.5. The monoisotopic (exact) mass is 423 g/mol. The molecule has 1 aromatic heterocycles. The number of anilines is 2. The van der Waals surface area contributed by atoms with E-state index in [1.807, 2.05) is 18.2 Å². The van der Waals surface area contributed by atoms with Crippen LogP contribution in [-0.2, 0) is 16.1 Å². The third-order valence-electron chi connectivity index (χ3n) is 4.75. The first-order valence-corrected chi connectivity index (χ1v) is 9.71. The number of furan rings is 1. The van der Waals surface area contributed by atoms with Crippen molar-refractivity contribution in [3.8, 4) is 0 Å². The van der Waals surface area contributed by atoms with Crippen molar-refractivity contribution in [3.63, 3.8) is 0 Å². The smallest absolute Gasteiger partial charge is 0.256 e. The molecule has 0 aliphatic carbocycles. The molecule has 0 unspecified atom stereocenters. The van der Waals surface area contributed by atoms with E-state index in [1.54, 1.807) is 35.4 Å². The highest BCUT2D eigenvalue weighted by Gasteiger charge is 2.44. The number of nitrogens with zero attached hydrogens (tertiary/aromatic N) is 2. The molecule has 8 heteroatoms. The number of hydrogen-bond donors (Lipinski definition) is 1. The fourth-order valence-corrected chi connectivity index (χ4v) is 3.71. The lowest BCUT2D eigenvalue weighted by molar-refractivity contribution is -0.124. The Morgan fingerprint density at radius 1 is 1.07 bits per heavy atom. The van der Waals surface area contributed by atoms with Crippen LogP contribution in [0.1, 0.15) is 12.2 Å². The number of carbonyl (C=O) groups excluding carboxylic acids is 2. The van der Waals surface area contributed by atoms with Crippen molar-refractivity contribution in [3.05, 3.63) is 84.6 Å². The third kappa shape index (κ3) is 4.08. The number of hydrogen-bond acceptors (Lipinski definition) is 4. The van der Waals surface area contributed by atoms with Gasteiger partial charge in [0.15, 0.2) is 5.11 Å². The number of para-hydroxylation sites is 1. The van der Waals surface area contributed by atoms with Crippen LogP contribution in [0.15, 0.2) is 77.4 Å². The predicted molar refractivity (Wildman–Crippen MR) is 114 cm³/mol. The molecule has 1 fully saturated rings. The standard InChI is InChI=1S/C22H18FN3O3S/c23-15-8-10-16(11-9-15)24-20(27)13-19-21(28)26(17-5-2-1-3-6-17)22(30)25(19)14-18-7-4-12-29-18/h1-12,19H,13-14H2,(H,24,27)/t19-/m0/s1. The molecule has 3 aromatic rings. The Bertz CT molecular complexity index is 1060. The van der Waals surface area contributed by atoms with Gasteiger partial charge >= 0.3 is 0 Å². The summed E-state index contributed by atoms with van der Waals surface area (Å²) in [4.78, 5) is 29.0. The zero-order valence-corrected chi connectivity index (χ0v) is 16.6. The fraction of sp³-hybridized carbons (Fsp3) is 0.136. The second-order valence-corrected chi connectivity index (χ2v) is 7.14. The molecule has 2 amide bonds. The molecule has 4 rings (SSSR count). The van der Waals surface area contributed by atoms with E-state index in [2.05, 4.69) is 5.32 Å². The quantitative estimate of drug-likeness (QED) is 0.608. The van der Waals surface area contributed by atoms with Gasteiger partial charge < -0.3 is 14.6 Å². The minimum absolute atomic E-state index is 0.111. The second kappa shape index (κ2) is 8.46. The summed E-state index contributed by atoms with van der Waals surface area (Å²) in [6, 6.07) is 17.2. The molecular formula is C22H18FN3O3S. The summed E-state index contributed by atoms with van der Waals surface area (Å²) in [6.07, 6.45) is 1.43. The highest BCUT2D eigenvalue weighted by molar-refractivity contribution is 7.80. The van der Waals surface area contributed by atoms with Crippen LogP contribution in [0, 0.1) is 5.82 Å². The molecule has 1 atom stereocenters. The molecule has 2 heterocycles. The fourth-order valence-electron chi connectivity index (χ4n) is 3.32. The molecule has 1 aliphatic heterocycles. The van der Waals surface area contributed by atoms with Crippen molar-refractivity contribution < 1.29 is 18.4 Å². The Morgan fingerprint density at radius 2 is 1.80 bits per heavy atom. The van der Waals surface area contributed by atoms with Gasteiger partial charge in [-0.25, -0.2) is 4.39 Å². The van der Waals surface area contributed by atoms with Crippen molar-refractivity contribution in [2.75, 3.05) is 10.2 Å². The van der Waals surface area contributed by atoms with E-state index >= 15 is 0 Å². The van der Waals surface area contributed by atoms with E-state index in [0.29, 0.717) is 22.2 Å². The minimum Gasteiger partial charge on any atom is -0.467 e. The lowest BCUT2D eigenvalue weighted by atomic mass is 10.1. The lowest BCUT2D eigenvalue weighted by Crippen LogP contribution is -2.37. The first-order valence-electron chi connectivity index (χ1n) is 9.30. The van der Waals surface area contributed by atoms with Crippen LogP contribution in [0.5, 0.6) is 0 Å². The normalized spacial score (nSPS) is 16.2. The van der Waals surface area contributed by atoms with Gasteiger partial charge in [-0.2, -0.15) is 0 Å². The van der Waals surface area contributed by atoms with E-state index in [9.17, 15) is 14.0 Å². The maximum Gasteiger partial charge on any atom is 0.256 e. The molecule has 0 saturated carbocycles. The maximum atomic E-state index is 13.2. The van der Waals surface area contributed by atoms with Gasteiger partial charge in [0, 0.05) is 5.69 Å². The van der Waals surface area contributed by atoms with Crippen LogP contribution >= 0.6 is 12.2 Å². The van der Waals surface area contributed by atoms with Crippen LogP contribution in [0.2, 0.25) is 0 Å². The van der Waals surface area contributed by atoms with Crippen LogP contribution < -0.4 is 10.2 Å². The Hall–Kier alpha value is -3.52. The summed E-state index contributed by atoms with van der Waals surface area (Å²) in [5.74, 6) is -0.425. The number of halogens is 1. The van der Waals surface area contributed by atoms with E-state index in [-0.39, 0.29) is 24.8 Å². The summed E-state index contributed by atoms with van der Waals surface area (Å²) in [5.41, 5.74) is 1.09. The van der Waals surface area contributed by atoms with E-state index in [0.717, 1.165) is 0 Å². The summed E-state index contributed by atoms with van der Waals surface area (Å²) >= 11 is 5.58. The van der Waals surface area contributed by atoms with Gasteiger partial charge in [0.2, 0.25) is 5.91 Å². The summed E-state index contributed by atoms with van der Waals surface area (Å²) in [6.45, 7) is 0.259. The van der Waals surface area contributed by atoms with Crippen LogP contribution in [0.4, 0.5) is 15.8 Å². The summed E-state index contributed by atoms with van der Waals surface area (Å²) in [5, 5.41) is 3.00. The van der Waals surface area contributed by atoms with Crippen molar-refractivity contribution in [1.29, 1.82) is 0 Å². The number of carbonyl (C=O) groups is 2. The number of rotatable bonds is 6. The molecular weight excluding hydrogens is 405 g/mol. The van der Waals surface area contributed by atoms with Gasteiger partial charge in [-0.1, -0.05) is 18.2 Å². The molecule has 30 heavy (non-hydrogen) atoms. The maximum absolute atomic E-state index is 13.2. The van der Waals surface area contributed by atoms with Gasteiger partial charge in [0.05, 0.1) is 24.9 Å². The first-order chi connectivity index (χ1) is 14.5. The van der Waals surface area contributed by atoms with Crippen LogP contribution in [-0.4, -0.2) is 27.9 Å². The molecule has 152 valence electrons. The van der Waals surface area contributed by atoms with Crippen molar-refractivity contribution >= 4 is 40.5 Å². The van der Waals surface area contributed by atoms with E-state index in [1.165, 1.54) is 29.2 Å². The molecule has 0 bridgehead atoms. The number of nitrogens with one attached hydrogen (secondary N) is 1. The van der Waals surface area contributed by atoms with E-state index in [4.69, 9.17) is 16.6 Å². The topological polar surface area (TPSA) is 65.8 Å². The Morgan fingerprint density at radius 3 is 2.47 bits per heavy atom. The Balaban J connectivity index is 1.57. The van der Waals surface area contributed by atoms with Gasteiger partial charge in [-0.05, 0) is 60.7 Å². The highest BCUT2D eigenvalue weighted by Crippen LogP contribution is 2.28. The molecule has 6 nitrogen and oxygen atoms in total. The Kier molecular flexibility index (Phi) is 5.58. The molecule has 0 radical (unpaired) electrons. The number of amides is 2. The SMILES string of the molecule is O=C(C[C@H]1C(=O)N(c2ccccc2)C(=S)N1Cc1ccco1)Nc1ccc(F)cc1. The second-order valence-electron chi connectivity index (χ2n) is 6.77. The minimum atomic E-state index is -0.789. The average molecular weight is 423 g/mol. The van der Waals surface area contributed by atoms with E-state index < -0.39 is 11.9 Å². The van der Waals surface area contributed by atoms with Crippen molar-refractivity contribution in [2.24, 2.45) is 0 Å². The van der Waals surface area contributed by atoms with Gasteiger partial charge in [0.25, 0.3) is 5.91 Å².